The Morgan fingerprint density at radius 3 is 2.20 bits per heavy atom. The average molecular weight is 353 g/mol. The van der Waals surface area contributed by atoms with Gasteiger partial charge >= 0.3 is 7.12 Å². The Labute approximate surface area is 153 Å². The summed E-state index contributed by atoms with van der Waals surface area (Å²) in [7, 11) is -0.179. The summed E-state index contributed by atoms with van der Waals surface area (Å²) in [6.45, 7) is 17.5. The summed E-state index contributed by atoms with van der Waals surface area (Å²) in [5.74, 6) is 0.434. The van der Waals surface area contributed by atoms with Crippen LogP contribution in [0.25, 0.3) is 0 Å². The predicted octanol–water partition coefficient (Wildman–Crippen LogP) is 3.43. The summed E-state index contributed by atoms with van der Waals surface area (Å²) < 4.78 is 17.9. The van der Waals surface area contributed by atoms with E-state index in [4.69, 9.17) is 14.0 Å². The van der Waals surface area contributed by atoms with Crippen molar-refractivity contribution in [1.29, 1.82) is 0 Å². The Balaban J connectivity index is 1.89. The molecule has 2 atom stereocenters. The van der Waals surface area contributed by atoms with Gasteiger partial charge in [0.15, 0.2) is 0 Å². The van der Waals surface area contributed by atoms with E-state index in [0.717, 1.165) is 19.2 Å². The number of amides is 1. The van der Waals surface area contributed by atoms with Gasteiger partial charge in [-0.25, -0.2) is 0 Å². The van der Waals surface area contributed by atoms with Gasteiger partial charge in [0, 0.05) is 12.1 Å². The first kappa shape index (κ1) is 20.7. The molecular formula is C19H36BNO4. The number of ether oxygens (including phenoxy) is 1. The van der Waals surface area contributed by atoms with Gasteiger partial charge in [-0.15, -0.1) is 0 Å². The zero-order chi connectivity index (χ0) is 19.1. The maximum absolute atomic E-state index is 12.7. The molecule has 0 bridgehead atoms. The molecule has 0 aromatic heterocycles. The molecule has 1 N–H and O–H groups in total. The first-order valence-electron chi connectivity index (χ1n) is 9.50. The summed E-state index contributed by atoms with van der Waals surface area (Å²) in [5.41, 5.74) is -1.27. The van der Waals surface area contributed by atoms with E-state index in [-0.39, 0.29) is 29.8 Å². The topological polar surface area (TPSA) is 56.8 Å². The fraction of sp³-hybridized carbons (Fsp3) is 0.947. The van der Waals surface area contributed by atoms with Crippen molar-refractivity contribution in [3.05, 3.63) is 0 Å². The molecule has 2 saturated heterocycles. The summed E-state index contributed by atoms with van der Waals surface area (Å²) in [6, 6.07) is 0. The van der Waals surface area contributed by atoms with Gasteiger partial charge < -0.3 is 19.4 Å². The first-order valence-corrected chi connectivity index (χ1v) is 9.50. The van der Waals surface area contributed by atoms with Crippen LogP contribution in [0, 0.1) is 11.3 Å². The van der Waals surface area contributed by atoms with Crippen molar-refractivity contribution in [2.24, 2.45) is 11.3 Å². The van der Waals surface area contributed by atoms with Crippen LogP contribution in [0.5, 0.6) is 0 Å². The van der Waals surface area contributed by atoms with Crippen LogP contribution >= 0.6 is 0 Å². The van der Waals surface area contributed by atoms with Crippen molar-refractivity contribution >= 4 is 13.0 Å². The van der Waals surface area contributed by atoms with Gasteiger partial charge in [0.25, 0.3) is 0 Å². The van der Waals surface area contributed by atoms with Crippen molar-refractivity contribution in [2.75, 3.05) is 13.2 Å². The van der Waals surface area contributed by atoms with Crippen LogP contribution in [0.15, 0.2) is 0 Å². The third-order valence-electron chi connectivity index (χ3n) is 5.66. The van der Waals surface area contributed by atoms with Gasteiger partial charge in [-0.1, -0.05) is 0 Å². The van der Waals surface area contributed by atoms with E-state index < -0.39 is 5.41 Å². The number of hydrogen-bond donors (Lipinski definition) is 1. The third-order valence-corrected chi connectivity index (χ3v) is 5.66. The maximum Gasteiger partial charge on any atom is 0.457 e. The van der Waals surface area contributed by atoms with E-state index in [1.54, 1.807) is 0 Å². The summed E-state index contributed by atoms with van der Waals surface area (Å²) in [4.78, 5) is 12.7. The van der Waals surface area contributed by atoms with Gasteiger partial charge in [0.2, 0.25) is 5.91 Å². The van der Waals surface area contributed by atoms with E-state index in [2.05, 4.69) is 33.0 Å². The number of rotatable bonds is 4. The molecule has 0 spiro atoms. The predicted molar refractivity (Wildman–Crippen MR) is 100 cm³/mol. The van der Waals surface area contributed by atoms with Crippen molar-refractivity contribution in [3.63, 3.8) is 0 Å². The van der Waals surface area contributed by atoms with Crippen LogP contribution in [-0.2, 0) is 18.8 Å². The molecular weight excluding hydrogens is 317 g/mol. The summed E-state index contributed by atoms with van der Waals surface area (Å²) in [5, 5.41) is 3.10. The minimum Gasteiger partial charge on any atom is -0.403 e. The molecule has 5 nitrogen and oxygen atoms in total. The maximum atomic E-state index is 12.7. The minimum atomic E-state index is -0.466. The molecule has 2 unspecified atom stereocenters. The Morgan fingerprint density at radius 2 is 1.68 bits per heavy atom. The molecule has 2 fully saturated rings. The summed E-state index contributed by atoms with van der Waals surface area (Å²) in [6.07, 6.45) is 2.61. The van der Waals surface area contributed by atoms with E-state index in [1.807, 2.05) is 27.7 Å². The number of nitrogens with one attached hydrogen (secondary N) is 1. The fourth-order valence-electron chi connectivity index (χ4n) is 3.50. The number of carbonyl (C=O) groups excluding carboxylic acids is 1. The standard InChI is InChI=1S/C19H36BNO4/c1-16(2,3)21-15(22)19(8)11-14(12-23-13-19)9-10-20-24-17(4,5)18(6,7)25-20/h14H,9-13H2,1-8H3,(H,21,22). The molecule has 0 radical (unpaired) electrons. The van der Waals surface area contributed by atoms with Crippen LogP contribution in [0.4, 0.5) is 0 Å². The van der Waals surface area contributed by atoms with Crippen LogP contribution in [0.2, 0.25) is 6.32 Å². The molecule has 0 aliphatic carbocycles. The molecule has 2 aliphatic rings. The second-order valence-electron chi connectivity index (χ2n) is 10.1. The molecule has 2 heterocycles. The fourth-order valence-corrected chi connectivity index (χ4v) is 3.50. The zero-order valence-corrected chi connectivity index (χ0v) is 17.3. The highest BCUT2D eigenvalue weighted by Crippen LogP contribution is 2.40. The first-order chi connectivity index (χ1) is 11.2. The quantitative estimate of drug-likeness (QED) is 0.787. The molecule has 2 aliphatic heterocycles. The van der Waals surface area contributed by atoms with Gasteiger partial charge in [0.05, 0.1) is 23.2 Å². The van der Waals surface area contributed by atoms with Crippen LogP contribution in [0.1, 0.15) is 68.2 Å². The van der Waals surface area contributed by atoms with Gasteiger partial charge in [0.1, 0.15) is 0 Å². The highest BCUT2D eigenvalue weighted by atomic mass is 16.7. The lowest BCUT2D eigenvalue weighted by atomic mass is 9.73. The Bertz CT molecular complexity index is 484. The third kappa shape index (κ3) is 4.98. The van der Waals surface area contributed by atoms with Crippen molar-refractivity contribution in [3.8, 4) is 0 Å². The molecule has 0 aromatic rings. The average Bonchev–Trinajstić information content (AvgIpc) is 2.63. The van der Waals surface area contributed by atoms with Gasteiger partial charge in [-0.3, -0.25) is 4.79 Å². The van der Waals surface area contributed by atoms with Crippen LogP contribution in [0.3, 0.4) is 0 Å². The van der Waals surface area contributed by atoms with Gasteiger partial charge in [-0.05, 0) is 80.5 Å². The van der Waals surface area contributed by atoms with Crippen LogP contribution in [-0.4, -0.2) is 43.0 Å². The Hall–Kier alpha value is -0.585. The molecule has 0 aromatic carbocycles. The molecule has 144 valence electrons. The highest BCUT2D eigenvalue weighted by molar-refractivity contribution is 6.45. The SMILES string of the molecule is CC(C)(C)NC(=O)C1(C)COCC(CCB2OC(C)(C)C(C)(C)O2)C1. The Kier molecular flexibility index (Phi) is 5.69. The lowest BCUT2D eigenvalue weighted by molar-refractivity contribution is -0.142. The van der Waals surface area contributed by atoms with E-state index in [9.17, 15) is 4.79 Å². The number of hydrogen-bond acceptors (Lipinski definition) is 4. The lowest BCUT2D eigenvalue weighted by Crippen LogP contribution is -2.52. The van der Waals surface area contributed by atoms with Crippen LogP contribution < -0.4 is 5.32 Å². The summed E-state index contributed by atoms with van der Waals surface area (Å²) >= 11 is 0. The van der Waals surface area contributed by atoms with E-state index in [1.165, 1.54) is 0 Å². The van der Waals surface area contributed by atoms with Gasteiger partial charge in [-0.2, -0.15) is 0 Å². The molecule has 0 saturated carbocycles. The lowest BCUT2D eigenvalue weighted by Gasteiger charge is -2.38. The van der Waals surface area contributed by atoms with Crippen molar-refractivity contribution in [1.82, 2.24) is 5.32 Å². The largest absolute Gasteiger partial charge is 0.457 e. The molecule has 2 rings (SSSR count). The van der Waals surface area contributed by atoms with Crippen molar-refractivity contribution in [2.45, 2.75) is 91.3 Å². The second kappa shape index (κ2) is 6.86. The van der Waals surface area contributed by atoms with E-state index in [0.29, 0.717) is 19.1 Å². The minimum absolute atomic E-state index is 0.0836. The number of carbonyl (C=O) groups is 1. The highest BCUT2D eigenvalue weighted by Gasteiger charge is 2.51. The molecule has 6 heteroatoms. The Morgan fingerprint density at radius 1 is 1.12 bits per heavy atom. The monoisotopic (exact) mass is 353 g/mol. The molecule has 25 heavy (non-hydrogen) atoms. The zero-order valence-electron chi connectivity index (χ0n) is 17.3. The molecule has 1 amide bonds. The second-order valence-corrected chi connectivity index (χ2v) is 10.1. The smallest absolute Gasteiger partial charge is 0.403 e. The normalized spacial score (nSPS) is 31.8. The van der Waals surface area contributed by atoms with E-state index >= 15 is 0 Å². The van der Waals surface area contributed by atoms with Crippen molar-refractivity contribution < 1.29 is 18.8 Å².